The van der Waals surface area contributed by atoms with E-state index in [9.17, 15) is 19.7 Å². The molecule has 0 spiro atoms. The Labute approximate surface area is 166 Å². The van der Waals surface area contributed by atoms with E-state index in [4.69, 9.17) is 4.74 Å². The van der Waals surface area contributed by atoms with Crippen LogP contribution >= 0.6 is 0 Å². The maximum atomic E-state index is 13.1. The van der Waals surface area contributed by atoms with Gasteiger partial charge in [0.2, 0.25) is 0 Å². The van der Waals surface area contributed by atoms with Gasteiger partial charge in [0.25, 0.3) is 11.6 Å². The Morgan fingerprint density at radius 1 is 1.21 bits per heavy atom. The number of H-pyrrole nitrogens is 1. The van der Waals surface area contributed by atoms with Crippen LogP contribution in [0.5, 0.6) is 0 Å². The topological polar surface area (TPSA) is 106 Å². The number of esters is 1. The number of amides is 1. The molecule has 1 N–H and O–H groups in total. The number of para-hydroxylation sites is 1. The monoisotopic (exact) mass is 393 g/mol. The third-order valence-corrected chi connectivity index (χ3v) is 5.06. The van der Waals surface area contributed by atoms with Gasteiger partial charge >= 0.3 is 5.97 Å². The quantitative estimate of drug-likeness (QED) is 0.415. The molecular formula is C21H19N3O5. The Balaban J connectivity index is 1.67. The number of ether oxygens (including phenoxy) is 1. The van der Waals surface area contributed by atoms with Gasteiger partial charge in [-0.2, -0.15) is 0 Å². The van der Waals surface area contributed by atoms with Crippen LogP contribution in [0, 0.1) is 10.1 Å². The molecule has 0 fully saturated rings. The van der Waals surface area contributed by atoms with Crippen LogP contribution in [-0.2, 0) is 17.7 Å². The minimum atomic E-state index is -0.692. The van der Waals surface area contributed by atoms with Crippen LogP contribution in [0.3, 0.4) is 0 Å². The van der Waals surface area contributed by atoms with Crippen LogP contribution in [0.4, 0.5) is 5.69 Å². The van der Waals surface area contributed by atoms with Crippen LogP contribution in [0.2, 0.25) is 0 Å². The van der Waals surface area contributed by atoms with E-state index < -0.39 is 10.9 Å². The zero-order valence-corrected chi connectivity index (χ0v) is 15.8. The standard InChI is InChI=1S/C21H19N3O5/c1-2-29-21(26)14-9-13(10-15(11-14)24(27)28)20(25)23-8-7-19-17(12-23)16-5-3-4-6-18(16)22-19/h3-6,9-11,22H,2,7-8,12H2,1H3. The second kappa shape index (κ2) is 7.38. The summed E-state index contributed by atoms with van der Waals surface area (Å²) in [5, 5.41) is 12.3. The number of nitrogens with one attached hydrogen (secondary N) is 1. The van der Waals surface area contributed by atoms with E-state index in [-0.39, 0.29) is 29.3 Å². The zero-order valence-electron chi connectivity index (χ0n) is 15.8. The number of nitrogens with zero attached hydrogens (tertiary/aromatic N) is 2. The fourth-order valence-corrected chi connectivity index (χ4v) is 3.69. The highest BCUT2D eigenvalue weighted by atomic mass is 16.6. The molecule has 148 valence electrons. The molecule has 29 heavy (non-hydrogen) atoms. The summed E-state index contributed by atoms with van der Waals surface area (Å²) in [5.74, 6) is -1.04. The van der Waals surface area contributed by atoms with Gasteiger partial charge in [0.15, 0.2) is 0 Å². The van der Waals surface area contributed by atoms with E-state index in [1.807, 2.05) is 24.3 Å². The van der Waals surface area contributed by atoms with Gasteiger partial charge in [-0.15, -0.1) is 0 Å². The lowest BCUT2D eigenvalue weighted by molar-refractivity contribution is -0.384. The van der Waals surface area contributed by atoms with Crippen LogP contribution in [-0.4, -0.2) is 39.8 Å². The number of hydrogen-bond donors (Lipinski definition) is 1. The van der Waals surface area contributed by atoms with Crippen molar-refractivity contribution in [1.82, 2.24) is 9.88 Å². The Hall–Kier alpha value is -3.68. The average Bonchev–Trinajstić information content (AvgIpc) is 3.11. The molecule has 0 radical (unpaired) electrons. The van der Waals surface area contributed by atoms with Crippen LogP contribution in [0.1, 0.15) is 38.9 Å². The number of aromatic amines is 1. The van der Waals surface area contributed by atoms with Gasteiger partial charge in [0.1, 0.15) is 0 Å². The lowest BCUT2D eigenvalue weighted by atomic mass is 10.0. The van der Waals surface area contributed by atoms with E-state index >= 15 is 0 Å². The molecule has 2 heterocycles. The molecule has 1 aliphatic rings. The van der Waals surface area contributed by atoms with Crippen molar-refractivity contribution >= 4 is 28.5 Å². The van der Waals surface area contributed by atoms with Gasteiger partial charge in [0, 0.05) is 59.4 Å². The summed E-state index contributed by atoms with van der Waals surface area (Å²) in [7, 11) is 0. The first-order valence-electron chi connectivity index (χ1n) is 9.32. The summed E-state index contributed by atoms with van der Waals surface area (Å²) < 4.78 is 4.94. The second-order valence-corrected chi connectivity index (χ2v) is 6.85. The molecule has 8 heteroatoms. The summed E-state index contributed by atoms with van der Waals surface area (Å²) in [6.07, 6.45) is 0.662. The van der Waals surface area contributed by atoms with Gasteiger partial charge in [-0.05, 0) is 19.1 Å². The molecule has 0 saturated carbocycles. The number of benzene rings is 2. The van der Waals surface area contributed by atoms with Crippen molar-refractivity contribution in [3.8, 4) is 0 Å². The number of carbonyl (C=O) groups excluding carboxylic acids is 2. The van der Waals surface area contributed by atoms with Crippen molar-refractivity contribution in [1.29, 1.82) is 0 Å². The molecule has 0 atom stereocenters. The summed E-state index contributed by atoms with van der Waals surface area (Å²) in [6.45, 7) is 2.67. The fourth-order valence-electron chi connectivity index (χ4n) is 3.69. The summed E-state index contributed by atoms with van der Waals surface area (Å²) >= 11 is 0. The smallest absolute Gasteiger partial charge is 0.338 e. The van der Waals surface area contributed by atoms with Gasteiger partial charge in [-0.1, -0.05) is 18.2 Å². The lowest BCUT2D eigenvalue weighted by Gasteiger charge is -2.27. The molecular weight excluding hydrogens is 374 g/mol. The minimum absolute atomic E-state index is 0.00538. The van der Waals surface area contributed by atoms with E-state index in [0.717, 1.165) is 28.2 Å². The van der Waals surface area contributed by atoms with Crippen molar-refractivity contribution in [2.24, 2.45) is 0 Å². The largest absolute Gasteiger partial charge is 0.462 e. The van der Waals surface area contributed by atoms with Crippen molar-refractivity contribution in [3.05, 3.63) is 75.0 Å². The number of nitro groups is 1. The van der Waals surface area contributed by atoms with Gasteiger partial charge in [-0.3, -0.25) is 14.9 Å². The highest BCUT2D eigenvalue weighted by Gasteiger charge is 2.27. The molecule has 0 unspecified atom stereocenters. The summed E-state index contributed by atoms with van der Waals surface area (Å²) in [6, 6.07) is 11.6. The molecule has 1 amide bonds. The first kappa shape index (κ1) is 18.7. The zero-order chi connectivity index (χ0) is 20.5. The normalized spacial score (nSPS) is 13.2. The number of nitro benzene ring substituents is 1. The highest BCUT2D eigenvalue weighted by molar-refractivity contribution is 5.99. The SMILES string of the molecule is CCOC(=O)c1cc(C(=O)N2CCc3[nH]c4ccccc4c3C2)cc([N+](=O)[O-])c1. The number of fused-ring (bicyclic) bond motifs is 3. The Bertz CT molecular complexity index is 1130. The first-order valence-corrected chi connectivity index (χ1v) is 9.32. The van der Waals surface area contributed by atoms with Crippen molar-refractivity contribution in [3.63, 3.8) is 0 Å². The number of rotatable bonds is 4. The van der Waals surface area contributed by atoms with Crippen molar-refractivity contribution < 1.29 is 19.2 Å². The maximum Gasteiger partial charge on any atom is 0.338 e. The number of hydrogen-bond acceptors (Lipinski definition) is 5. The number of non-ortho nitro benzene ring substituents is 1. The van der Waals surface area contributed by atoms with Gasteiger partial charge in [-0.25, -0.2) is 4.79 Å². The first-order chi connectivity index (χ1) is 14.0. The Morgan fingerprint density at radius 3 is 2.72 bits per heavy atom. The maximum absolute atomic E-state index is 13.1. The molecule has 4 rings (SSSR count). The molecule has 2 aromatic carbocycles. The molecule has 1 aliphatic heterocycles. The Morgan fingerprint density at radius 2 is 1.97 bits per heavy atom. The molecule has 0 bridgehead atoms. The minimum Gasteiger partial charge on any atom is -0.462 e. The Kier molecular flexibility index (Phi) is 4.75. The predicted molar refractivity (Wildman–Crippen MR) is 106 cm³/mol. The molecule has 8 nitrogen and oxygen atoms in total. The second-order valence-electron chi connectivity index (χ2n) is 6.85. The highest BCUT2D eigenvalue weighted by Crippen LogP contribution is 2.29. The molecule has 1 aromatic heterocycles. The van der Waals surface area contributed by atoms with E-state index in [2.05, 4.69) is 4.98 Å². The third kappa shape index (κ3) is 3.44. The van der Waals surface area contributed by atoms with Crippen molar-refractivity contribution in [2.75, 3.05) is 13.2 Å². The summed E-state index contributed by atoms with van der Waals surface area (Å²) in [4.78, 5) is 40.9. The molecule has 3 aromatic rings. The van der Waals surface area contributed by atoms with Crippen LogP contribution in [0.15, 0.2) is 42.5 Å². The molecule has 0 saturated heterocycles. The molecule has 0 aliphatic carbocycles. The number of carbonyl (C=O) groups is 2. The van der Waals surface area contributed by atoms with Crippen LogP contribution < -0.4 is 0 Å². The summed E-state index contributed by atoms with van der Waals surface area (Å²) in [5.41, 5.74) is 2.95. The van der Waals surface area contributed by atoms with E-state index in [1.165, 1.54) is 12.1 Å². The predicted octanol–water partition coefficient (Wildman–Crippen LogP) is 3.45. The van der Waals surface area contributed by atoms with E-state index in [0.29, 0.717) is 19.5 Å². The fraction of sp³-hybridized carbons (Fsp3) is 0.238. The average molecular weight is 393 g/mol. The number of aromatic nitrogens is 1. The lowest BCUT2D eigenvalue weighted by Crippen LogP contribution is -2.36. The third-order valence-electron chi connectivity index (χ3n) is 5.06. The van der Waals surface area contributed by atoms with Gasteiger partial charge in [0.05, 0.1) is 17.1 Å². The van der Waals surface area contributed by atoms with Crippen LogP contribution in [0.25, 0.3) is 10.9 Å². The van der Waals surface area contributed by atoms with Gasteiger partial charge < -0.3 is 14.6 Å². The van der Waals surface area contributed by atoms with Crippen molar-refractivity contribution in [2.45, 2.75) is 19.9 Å². The van der Waals surface area contributed by atoms with E-state index in [1.54, 1.807) is 11.8 Å².